The van der Waals surface area contributed by atoms with Gasteiger partial charge in [0.25, 0.3) is 0 Å². The molecule has 0 atom stereocenters. The monoisotopic (exact) mass is 208 g/mol. The van der Waals surface area contributed by atoms with E-state index >= 15 is 0 Å². The summed E-state index contributed by atoms with van der Waals surface area (Å²) in [6.45, 7) is 0. The summed E-state index contributed by atoms with van der Waals surface area (Å²) in [4.78, 5) is 12.7. The lowest BCUT2D eigenvalue weighted by Gasteiger charge is -2.06. The van der Waals surface area contributed by atoms with Crippen LogP contribution < -0.4 is 4.74 Å². The van der Waals surface area contributed by atoms with Crippen molar-refractivity contribution in [1.82, 2.24) is 0 Å². The van der Waals surface area contributed by atoms with E-state index in [4.69, 9.17) is 4.74 Å². The van der Waals surface area contributed by atoms with Gasteiger partial charge in [-0.2, -0.15) is 0 Å². The van der Waals surface area contributed by atoms with Crippen LogP contribution in [0.3, 0.4) is 0 Å². The molecule has 3 heteroatoms. The van der Waals surface area contributed by atoms with Crippen molar-refractivity contribution >= 4 is 17.5 Å². The SMILES string of the molecule is COc1ccc2c(c1)SCCCC2=O. The Balaban J connectivity index is 2.43. The summed E-state index contributed by atoms with van der Waals surface area (Å²) in [6, 6.07) is 5.67. The largest absolute Gasteiger partial charge is 0.497 e. The van der Waals surface area contributed by atoms with Crippen LogP contribution in [0.1, 0.15) is 23.2 Å². The molecule has 1 aliphatic rings. The summed E-state index contributed by atoms with van der Waals surface area (Å²) in [5, 5.41) is 0. The number of ether oxygens (including phenoxy) is 1. The van der Waals surface area contributed by atoms with Crippen molar-refractivity contribution in [1.29, 1.82) is 0 Å². The minimum Gasteiger partial charge on any atom is -0.497 e. The lowest BCUT2D eigenvalue weighted by atomic mass is 10.1. The van der Waals surface area contributed by atoms with E-state index in [9.17, 15) is 4.79 Å². The summed E-state index contributed by atoms with van der Waals surface area (Å²) in [7, 11) is 1.64. The van der Waals surface area contributed by atoms with Crippen LogP contribution in [-0.2, 0) is 0 Å². The Labute approximate surface area is 87.6 Å². The van der Waals surface area contributed by atoms with Crippen molar-refractivity contribution in [3.05, 3.63) is 23.8 Å². The van der Waals surface area contributed by atoms with E-state index in [1.54, 1.807) is 18.9 Å². The molecule has 0 unspecified atom stereocenters. The number of methoxy groups -OCH3 is 1. The average molecular weight is 208 g/mol. The number of carbonyl (C=O) groups is 1. The van der Waals surface area contributed by atoms with Crippen molar-refractivity contribution in [3.8, 4) is 5.75 Å². The molecular formula is C11H12O2S. The molecule has 0 fully saturated rings. The fraction of sp³-hybridized carbons (Fsp3) is 0.364. The zero-order valence-electron chi connectivity index (χ0n) is 8.08. The maximum atomic E-state index is 11.7. The molecule has 1 aromatic carbocycles. The van der Waals surface area contributed by atoms with Gasteiger partial charge in [0.1, 0.15) is 5.75 Å². The fourth-order valence-electron chi connectivity index (χ4n) is 1.53. The average Bonchev–Trinajstić information content (AvgIpc) is 2.40. The van der Waals surface area contributed by atoms with Gasteiger partial charge in [-0.15, -0.1) is 11.8 Å². The predicted octanol–water partition coefficient (Wildman–Crippen LogP) is 2.76. The summed E-state index contributed by atoms with van der Waals surface area (Å²) < 4.78 is 5.13. The minimum absolute atomic E-state index is 0.257. The van der Waals surface area contributed by atoms with Crippen LogP contribution in [0, 0.1) is 0 Å². The van der Waals surface area contributed by atoms with Crippen LogP contribution in [-0.4, -0.2) is 18.6 Å². The quantitative estimate of drug-likeness (QED) is 0.710. The van der Waals surface area contributed by atoms with Crippen molar-refractivity contribution in [2.75, 3.05) is 12.9 Å². The van der Waals surface area contributed by atoms with Crippen molar-refractivity contribution in [2.45, 2.75) is 17.7 Å². The molecular weight excluding hydrogens is 196 g/mol. The van der Waals surface area contributed by atoms with Gasteiger partial charge in [0.05, 0.1) is 7.11 Å². The van der Waals surface area contributed by atoms with Gasteiger partial charge in [-0.1, -0.05) is 0 Å². The third-order valence-corrected chi connectivity index (χ3v) is 3.44. The third kappa shape index (κ3) is 1.77. The zero-order valence-corrected chi connectivity index (χ0v) is 8.89. The van der Waals surface area contributed by atoms with Crippen LogP contribution in [0.2, 0.25) is 0 Å². The Bertz CT molecular complexity index is 360. The minimum atomic E-state index is 0.257. The zero-order chi connectivity index (χ0) is 9.97. The molecule has 2 rings (SSSR count). The molecule has 0 aliphatic carbocycles. The number of Topliss-reactive ketones (excluding diaryl/α,β-unsaturated/α-hetero) is 1. The Morgan fingerprint density at radius 1 is 1.43 bits per heavy atom. The van der Waals surface area contributed by atoms with Crippen LogP contribution in [0.15, 0.2) is 23.1 Å². The Hall–Kier alpha value is -0.960. The number of ketones is 1. The molecule has 0 N–H and O–H groups in total. The highest BCUT2D eigenvalue weighted by Gasteiger charge is 2.15. The molecule has 74 valence electrons. The second-order valence-electron chi connectivity index (χ2n) is 3.24. The number of hydrogen-bond donors (Lipinski definition) is 0. The van der Waals surface area contributed by atoms with E-state index in [0.29, 0.717) is 6.42 Å². The smallest absolute Gasteiger partial charge is 0.164 e. The van der Waals surface area contributed by atoms with Crippen molar-refractivity contribution in [2.24, 2.45) is 0 Å². The van der Waals surface area contributed by atoms with E-state index in [-0.39, 0.29) is 5.78 Å². The number of fused-ring (bicyclic) bond motifs is 1. The molecule has 1 aliphatic heterocycles. The first-order valence-corrected chi connectivity index (χ1v) is 5.64. The van der Waals surface area contributed by atoms with E-state index in [2.05, 4.69) is 0 Å². The fourth-order valence-corrected chi connectivity index (χ4v) is 2.57. The molecule has 14 heavy (non-hydrogen) atoms. The van der Waals surface area contributed by atoms with Gasteiger partial charge in [-0.3, -0.25) is 4.79 Å². The first-order valence-electron chi connectivity index (χ1n) is 4.65. The molecule has 0 spiro atoms. The standard InChI is InChI=1S/C11H12O2S/c1-13-8-4-5-9-10(12)3-2-6-14-11(9)7-8/h4-5,7H,2-3,6H2,1H3. The predicted molar refractivity (Wildman–Crippen MR) is 57.3 cm³/mol. The molecule has 0 amide bonds. The summed E-state index contributed by atoms with van der Waals surface area (Å²) in [5.41, 5.74) is 0.855. The van der Waals surface area contributed by atoms with Gasteiger partial charge in [0.15, 0.2) is 5.78 Å². The lowest BCUT2D eigenvalue weighted by molar-refractivity contribution is 0.0980. The van der Waals surface area contributed by atoms with E-state index in [1.807, 2.05) is 18.2 Å². The van der Waals surface area contributed by atoms with Gasteiger partial charge in [-0.05, 0) is 30.4 Å². The molecule has 0 radical (unpaired) electrons. The van der Waals surface area contributed by atoms with E-state index in [1.165, 1.54) is 0 Å². The van der Waals surface area contributed by atoms with E-state index in [0.717, 1.165) is 28.4 Å². The maximum Gasteiger partial charge on any atom is 0.164 e. The first-order chi connectivity index (χ1) is 6.81. The second-order valence-corrected chi connectivity index (χ2v) is 4.37. The summed E-state index contributed by atoms with van der Waals surface area (Å²) in [6.07, 6.45) is 1.65. The van der Waals surface area contributed by atoms with E-state index < -0.39 is 0 Å². The molecule has 0 saturated carbocycles. The van der Waals surface area contributed by atoms with Crippen LogP contribution in [0.25, 0.3) is 0 Å². The Kier molecular flexibility index (Phi) is 2.77. The molecule has 2 nitrogen and oxygen atoms in total. The molecule has 1 heterocycles. The van der Waals surface area contributed by atoms with Crippen LogP contribution in [0.4, 0.5) is 0 Å². The molecule has 0 bridgehead atoms. The number of hydrogen-bond acceptors (Lipinski definition) is 3. The Morgan fingerprint density at radius 2 is 2.29 bits per heavy atom. The number of benzene rings is 1. The normalized spacial score (nSPS) is 15.9. The number of thioether (sulfide) groups is 1. The van der Waals surface area contributed by atoms with Crippen LogP contribution >= 0.6 is 11.8 Å². The van der Waals surface area contributed by atoms with Crippen molar-refractivity contribution < 1.29 is 9.53 Å². The molecule has 0 saturated heterocycles. The summed E-state index contributed by atoms with van der Waals surface area (Å²) in [5.74, 6) is 2.10. The highest BCUT2D eigenvalue weighted by molar-refractivity contribution is 7.99. The number of carbonyl (C=O) groups excluding carboxylic acids is 1. The highest BCUT2D eigenvalue weighted by atomic mass is 32.2. The van der Waals surface area contributed by atoms with Gasteiger partial charge >= 0.3 is 0 Å². The summed E-state index contributed by atoms with van der Waals surface area (Å²) >= 11 is 1.74. The van der Waals surface area contributed by atoms with Gasteiger partial charge in [0, 0.05) is 16.9 Å². The van der Waals surface area contributed by atoms with Crippen LogP contribution in [0.5, 0.6) is 5.75 Å². The first kappa shape index (κ1) is 9.59. The number of rotatable bonds is 1. The third-order valence-electron chi connectivity index (χ3n) is 2.29. The topological polar surface area (TPSA) is 26.3 Å². The highest BCUT2D eigenvalue weighted by Crippen LogP contribution is 2.31. The lowest BCUT2D eigenvalue weighted by Crippen LogP contribution is -1.98. The Morgan fingerprint density at radius 3 is 3.07 bits per heavy atom. The van der Waals surface area contributed by atoms with Gasteiger partial charge in [0.2, 0.25) is 0 Å². The van der Waals surface area contributed by atoms with Crippen molar-refractivity contribution in [3.63, 3.8) is 0 Å². The molecule has 0 aromatic heterocycles. The van der Waals surface area contributed by atoms with Gasteiger partial charge < -0.3 is 4.74 Å². The maximum absolute atomic E-state index is 11.7. The molecule has 1 aromatic rings. The van der Waals surface area contributed by atoms with Gasteiger partial charge in [-0.25, -0.2) is 0 Å². The second kappa shape index (κ2) is 4.05.